The number of hydrogen-bond acceptors (Lipinski definition) is 4. The molecule has 20 heavy (non-hydrogen) atoms. The Hall–Kier alpha value is -1.73. The van der Waals surface area contributed by atoms with Crippen molar-refractivity contribution in [1.82, 2.24) is 0 Å². The maximum Gasteiger partial charge on any atom is 0.256 e. The zero-order chi connectivity index (χ0) is 14.8. The van der Waals surface area contributed by atoms with Gasteiger partial charge < -0.3 is 5.32 Å². The number of nitrogens with one attached hydrogen (secondary N) is 1. The van der Waals surface area contributed by atoms with Crippen LogP contribution < -0.4 is 5.32 Å². The van der Waals surface area contributed by atoms with E-state index in [-0.39, 0.29) is 22.9 Å². The molecule has 1 heterocycles. The molecule has 4 nitrogen and oxygen atoms in total. The van der Waals surface area contributed by atoms with Gasteiger partial charge in [-0.25, -0.2) is 12.8 Å². The summed E-state index contributed by atoms with van der Waals surface area (Å²) in [6.07, 6.45) is 1.04. The molecule has 0 fully saturated rings. The third-order valence-corrected chi connectivity index (χ3v) is 4.03. The Morgan fingerprint density at radius 3 is 2.65 bits per heavy atom. The summed E-state index contributed by atoms with van der Waals surface area (Å²) in [5.41, 5.74) is 0.868. The third kappa shape index (κ3) is 3.88. The van der Waals surface area contributed by atoms with Crippen LogP contribution >= 0.6 is 11.3 Å². The average molecular weight is 313 g/mol. The van der Waals surface area contributed by atoms with Gasteiger partial charge in [-0.3, -0.25) is 4.79 Å². The first-order chi connectivity index (χ1) is 9.35. The molecule has 106 valence electrons. The molecular formula is C13H12FNO3S2. The quantitative estimate of drug-likeness (QED) is 0.944. The van der Waals surface area contributed by atoms with Gasteiger partial charge in [0.1, 0.15) is 5.82 Å². The fourth-order valence-corrected chi connectivity index (χ4v) is 3.06. The van der Waals surface area contributed by atoms with Crippen molar-refractivity contribution in [3.8, 4) is 0 Å². The molecule has 0 aliphatic carbocycles. The molecule has 0 aliphatic heterocycles. The van der Waals surface area contributed by atoms with Crippen LogP contribution in [-0.4, -0.2) is 20.6 Å². The first-order valence-electron chi connectivity index (χ1n) is 5.65. The number of sulfone groups is 1. The number of carbonyl (C=O) groups is 1. The van der Waals surface area contributed by atoms with Crippen molar-refractivity contribution in [3.63, 3.8) is 0 Å². The molecule has 7 heteroatoms. The maximum absolute atomic E-state index is 13.8. The van der Waals surface area contributed by atoms with E-state index in [0.717, 1.165) is 12.3 Å². The number of amides is 1. The largest absolute Gasteiger partial charge is 0.322 e. The highest BCUT2D eigenvalue weighted by Crippen LogP contribution is 2.18. The Morgan fingerprint density at radius 2 is 2.10 bits per heavy atom. The molecule has 0 saturated heterocycles. The molecule has 0 saturated carbocycles. The summed E-state index contributed by atoms with van der Waals surface area (Å²) in [4.78, 5) is 11.8. The van der Waals surface area contributed by atoms with E-state index in [1.54, 1.807) is 16.8 Å². The number of rotatable bonds is 4. The molecule has 0 unspecified atom stereocenters. The first-order valence-corrected chi connectivity index (χ1v) is 8.65. The van der Waals surface area contributed by atoms with E-state index in [1.165, 1.54) is 23.5 Å². The van der Waals surface area contributed by atoms with Gasteiger partial charge in [-0.1, -0.05) is 6.07 Å². The van der Waals surface area contributed by atoms with Gasteiger partial charge in [0.2, 0.25) is 0 Å². The summed E-state index contributed by atoms with van der Waals surface area (Å²) in [5, 5.41) is 6.01. The normalized spacial score (nSPS) is 11.3. The van der Waals surface area contributed by atoms with Crippen molar-refractivity contribution < 1.29 is 17.6 Å². The Bertz CT molecular complexity index is 724. The average Bonchev–Trinajstić information content (AvgIpc) is 2.85. The number of halogens is 1. The number of benzene rings is 1. The second kappa shape index (κ2) is 5.72. The zero-order valence-electron chi connectivity index (χ0n) is 10.6. The second-order valence-corrected chi connectivity index (χ2v) is 7.26. The fourth-order valence-electron chi connectivity index (χ4n) is 1.62. The van der Waals surface area contributed by atoms with Crippen molar-refractivity contribution in [2.45, 2.75) is 5.75 Å². The van der Waals surface area contributed by atoms with Gasteiger partial charge in [0.15, 0.2) is 9.84 Å². The van der Waals surface area contributed by atoms with Gasteiger partial charge in [-0.2, -0.15) is 11.3 Å². The fraction of sp³-hybridized carbons (Fsp3) is 0.154. The van der Waals surface area contributed by atoms with E-state index in [2.05, 4.69) is 5.32 Å². The standard InChI is InChI=1S/C13H12FNO3S2/c1-20(17,18)8-10-2-3-11(6-12(10)14)15-13(16)9-4-5-19-7-9/h2-7H,8H2,1H3,(H,15,16). The summed E-state index contributed by atoms with van der Waals surface area (Å²) in [6.45, 7) is 0. The Morgan fingerprint density at radius 1 is 1.35 bits per heavy atom. The number of hydrogen-bond donors (Lipinski definition) is 1. The van der Waals surface area contributed by atoms with E-state index in [0.29, 0.717) is 5.56 Å². The molecule has 1 aromatic heterocycles. The van der Waals surface area contributed by atoms with Gasteiger partial charge in [-0.05, 0) is 23.6 Å². The molecule has 2 aromatic rings. The lowest BCUT2D eigenvalue weighted by molar-refractivity contribution is 0.102. The molecular weight excluding hydrogens is 301 g/mol. The zero-order valence-corrected chi connectivity index (χ0v) is 12.2. The predicted octanol–water partition coefficient (Wildman–Crippen LogP) is 2.68. The van der Waals surface area contributed by atoms with Gasteiger partial charge in [0.25, 0.3) is 5.91 Å². The highest BCUT2D eigenvalue weighted by Gasteiger charge is 2.12. The Labute approximate surface area is 120 Å². The summed E-state index contributed by atoms with van der Waals surface area (Å²) >= 11 is 1.39. The van der Waals surface area contributed by atoms with E-state index >= 15 is 0 Å². The van der Waals surface area contributed by atoms with E-state index in [1.807, 2.05) is 0 Å². The number of thiophene rings is 1. The highest BCUT2D eigenvalue weighted by atomic mass is 32.2. The lowest BCUT2D eigenvalue weighted by Gasteiger charge is -2.07. The summed E-state index contributed by atoms with van der Waals surface area (Å²) in [5.74, 6) is -1.35. The SMILES string of the molecule is CS(=O)(=O)Cc1ccc(NC(=O)c2ccsc2)cc1F. The third-order valence-electron chi connectivity index (χ3n) is 2.51. The Kier molecular flexibility index (Phi) is 4.20. The highest BCUT2D eigenvalue weighted by molar-refractivity contribution is 7.89. The van der Waals surface area contributed by atoms with Gasteiger partial charge >= 0.3 is 0 Å². The number of carbonyl (C=O) groups excluding carboxylic acids is 1. The molecule has 0 atom stereocenters. The first kappa shape index (κ1) is 14.7. The minimum atomic E-state index is -3.30. The minimum Gasteiger partial charge on any atom is -0.322 e. The lowest BCUT2D eigenvalue weighted by atomic mass is 10.2. The molecule has 0 radical (unpaired) electrons. The van der Waals surface area contributed by atoms with E-state index in [9.17, 15) is 17.6 Å². The van der Waals surface area contributed by atoms with Crippen LogP contribution in [0.4, 0.5) is 10.1 Å². The summed E-state index contributed by atoms with van der Waals surface area (Å²) < 4.78 is 36.0. The van der Waals surface area contributed by atoms with Crippen LogP contribution in [0.25, 0.3) is 0 Å². The number of anilines is 1. The second-order valence-electron chi connectivity index (χ2n) is 4.34. The van der Waals surface area contributed by atoms with Crippen LogP contribution in [0.3, 0.4) is 0 Å². The summed E-state index contributed by atoms with van der Waals surface area (Å²) in [7, 11) is -3.30. The molecule has 2 rings (SSSR count). The van der Waals surface area contributed by atoms with Crippen molar-refractivity contribution in [3.05, 3.63) is 52.0 Å². The van der Waals surface area contributed by atoms with Crippen molar-refractivity contribution in [1.29, 1.82) is 0 Å². The van der Waals surface area contributed by atoms with Gasteiger partial charge in [0.05, 0.1) is 11.3 Å². The van der Waals surface area contributed by atoms with Crippen LogP contribution in [0, 0.1) is 5.82 Å². The van der Waals surface area contributed by atoms with E-state index in [4.69, 9.17) is 0 Å². The van der Waals surface area contributed by atoms with E-state index < -0.39 is 15.7 Å². The van der Waals surface area contributed by atoms with Crippen LogP contribution in [0.2, 0.25) is 0 Å². The molecule has 1 amide bonds. The molecule has 0 aliphatic rings. The van der Waals surface area contributed by atoms with Crippen molar-refractivity contribution >= 4 is 32.8 Å². The van der Waals surface area contributed by atoms with Gasteiger partial charge in [-0.15, -0.1) is 0 Å². The molecule has 1 aromatic carbocycles. The Balaban J connectivity index is 2.15. The van der Waals surface area contributed by atoms with Crippen LogP contribution in [0.15, 0.2) is 35.0 Å². The lowest BCUT2D eigenvalue weighted by Crippen LogP contribution is -2.11. The van der Waals surface area contributed by atoms with Crippen LogP contribution in [0.5, 0.6) is 0 Å². The minimum absolute atomic E-state index is 0.0843. The van der Waals surface area contributed by atoms with Crippen molar-refractivity contribution in [2.75, 3.05) is 11.6 Å². The summed E-state index contributed by atoms with van der Waals surface area (Å²) in [6, 6.07) is 5.62. The van der Waals surface area contributed by atoms with Crippen LogP contribution in [0.1, 0.15) is 15.9 Å². The topological polar surface area (TPSA) is 63.2 Å². The van der Waals surface area contributed by atoms with Crippen LogP contribution in [-0.2, 0) is 15.6 Å². The molecule has 0 spiro atoms. The van der Waals surface area contributed by atoms with Crippen molar-refractivity contribution in [2.24, 2.45) is 0 Å². The maximum atomic E-state index is 13.8. The molecule has 0 bridgehead atoms. The smallest absolute Gasteiger partial charge is 0.256 e. The molecule has 1 N–H and O–H groups in total. The van der Waals surface area contributed by atoms with Gasteiger partial charge in [0, 0.05) is 22.9 Å². The predicted molar refractivity (Wildman–Crippen MR) is 77.2 cm³/mol. The monoisotopic (exact) mass is 313 g/mol.